The summed E-state index contributed by atoms with van der Waals surface area (Å²) >= 11 is 9.02. The minimum absolute atomic E-state index is 0.441. The van der Waals surface area contributed by atoms with Crippen LogP contribution in [0.5, 0.6) is 0 Å². The molecule has 0 atom stereocenters. The van der Waals surface area contributed by atoms with Crippen LogP contribution >= 0.6 is 28.1 Å². The summed E-state index contributed by atoms with van der Waals surface area (Å²) in [4.78, 5) is 0. The van der Waals surface area contributed by atoms with Crippen LogP contribution in [0, 0.1) is 4.77 Å². The number of nitrogens with one attached hydrogen (secondary N) is 1. The molecule has 0 aliphatic rings. The molecule has 5 aromatic rings. The Bertz CT molecular complexity index is 1390. The maximum absolute atomic E-state index is 5.44. The van der Waals surface area contributed by atoms with E-state index in [2.05, 4.69) is 68.6 Å². The summed E-state index contributed by atoms with van der Waals surface area (Å²) in [5.41, 5.74) is 1.97. The summed E-state index contributed by atoms with van der Waals surface area (Å²) in [6.45, 7) is 0. The first-order valence-electron chi connectivity index (χ1n) is 9.09. The third kappa shape index (κ3) is 3.20. The zero-order valence-electron chi connectivity index (χ0n) is 15.2. The summed E-state index contributed by atoms with van der Waals surface area (Å²) in [7, 11) is 0. The SMILES string of the molecule is S=c1[nH]nc(-c2ccccc2Br)n1/N=C\c1c2ccccc2cc2ccccc12. The highest BCUT2D eigenvalue weighted by Gasteiger charge is 2.12. The van der Waals surface area contributed by atoms with Crippen LogP contribution in [0.4, 0.5) is 0 Å². The second-order valence-corrected chi connectivity index (χ2v) is 7.86. The third-order valence-electron chi connectivity index (χ3n) is 4.88. The molecule has 0 saturated heterocycles. The second-order valence-electron chi connectivity index (χ2n) is 6.62. The fraction of sp³-hybridized carbons (Fsp3) is 0. The normalized spacial score (nSPS) is 11.6. The predicted molar refractivity (Wildman–Crippen MR) is 125 cm³/mol. The van der Waals surface area contributed by atoms with Crippen LogP contribution in [0.3, 0.4) is 0 Å². The van der Waals surface area contributed by atoms with Crippen LogP contribution in [-0.4, -0.2) is 21.1 Å². The molecule has 4 nitrogen and oxygen atoms in total. The monoisotopic (exact) mass is 458 g/mol. The van der Waals surface area contributed by atoms with Crippen LogP contribution in [-0.2, 0) is 0 Å². The van der Waals surface area contributed by atoms with Crippen molar-refractivity contribution in [2.45, 2.75) is 0 Å². The van der Waals surface area contributed by atoms with E-state index in [1.54, 1.807) is 4.68 Å². The molecule has 0 aliphatic carbocycles. The van der Waals surface area contributed by atoms with Gasteiger partial charge in [-0.2, -0.15) is 14.9 Å². The first-order chi connectivity index (χ1) is 14.2. The zero-order chi connectivity index (χ0) is 19.8. The lowest BCUT2D eigenvalue weighted by Gasteiger charge is -2.08. The van der Waals surface area contributed by atoms with Crippen LogP contribution < -0.4 is 0 Å². The Morgan fingerprint density at radius 3 is 2.21 bits per heavy atom. The number of rotatable bonds is 3. The number of aromatic nitrogens is 3. The standard InChI is InChI=1S/C23H15BrN4S/c24-21-12-6-5-11-19(21)22-26-27-23(29)28(22)25-14-20-17-9-3-1-7-15(17)13-16-8-2-4-10-18(16)20/h1-14H,(H,27,29)/b25-14-. The van der Waals surface area contributed by atoms with Crippen LogP contribution in [0.25, 0.3) is 32.9 Å². The van der Waals surface area contributed by atoms with Crippen molar-refractivity contribution in [2.24, 2.45) is 5.10 Å². The Morgan fingerprint density at radius 1 is 0.897 bits per heavy atom. The number of hydrogen-bond donors (Lipinski definition) is 1. The Balaban J connectivity index is 1.73. The highest BCUT2D eigenvalue weighted by molar-refractivity contribution is 9.10. The third-order valence-corrected chi connectivity index (χ3v) is 5.84. The first kappa shape index (κ1) is 18.0. The smallest absolute Gasteiger partial charge is 0.216 e. The average molecular weight is 459 g/mol. The van der Waals surface area contributed by atoms with Crippen molar-refractivity contribution < 1.29 is 0 Å². The van der Waals surface area contributed by atoms with E-state index in [0.29, 0.717) is 10.6 Å². The molecule has 0 amide bonds. The lowest BCUT2D eigenvalue weighted by Crippen LogP contribution is -1.97. The molecule has 0 radical (unpaired) electrons. The van der Waals surface area contributed by atoms with E-state index in [-0.39, 0.29) is 0 Å². The van der Waals surface area contributed by atoms with Crippen LogP contribution in [0.15, 0.2) is 88.4 Å². The van der Waals surface area contributed by atoms with E-state index >= 15 is 0 Å². The van der Waals surface area contributed by atoms with Gasteiger partial charge in [-0.1, -0.05) is 76.6 Å². The van der Waals surface area contributed by atoms with Crippen molar-refractivity contribution in [3.63, 3.8) is 0 Å². The molecule has 1 aromatic heterocycles. The highest BCUT2D eigenvalue weighted by atomic mass is 79.9. The number of benzene rings is 4. The van der Waals surface area contributed by atoms with Gasteiger partial charge in [-0.05, 0) is 52.0 Å². The number of fused-ring (bicyclic) bond motifs is 2. The number of halogens is 1. The van der Waals surface area contributed by atoms with Gasteiger partial charge in [0.2, 0.25) is 4.77 Å². The van der Waals surface area contributed by atoms with Crippen LogP contribution in [0.2, 0.25) is 0 Å². The number of nitrogens with zero attached hydrogens (tertiary/aromatic N) is 3. The van der Waals surface area contributed by atoms with Gasteiger partial charge in [-0.3, -0.25) is 0 Å². The molecule has 5 rings (SSSR count). The van der Waals surface area contributed by atoms with Crippen molar-refractivity contribution in [3.8, 4) is 11.4 Å². The van der Waals surface area contributed by atoms with Crippen molar-refractivity contribution in [2.75, 3.05) is 0 Å². The minimum atomic E-state index is 0.441. The molecule has 0 bridgehead atoms. The number of H-pyrrole nitrogens is 1. The van der Waals surface area contributed by atoms with Crippen molar-refractivity contribution in [1.29, 1.82) is 0 Å². The molecule has 0 fully saturated rings. The number of hydrogen-bond acceptors (Lipinski definition) is 3. The molecular formula is C23H15BrN4S. The Labute approximate surface area is 180 Å². The molecule has 6 heteroatoms. The average Bonchev–Trinajstić information content (AvgIpc) is 3.11. The predicted octanol–water partition coefficient (Wildman–Crippen LogP) is 6.56. The van der Waals surface area contributed by atoms with Crippen molar-refractivity contribution in [3.05, 3.63) is 93.7 Å². The molecule has 140 valence electrons. The summed E-state index contributed by atoms with van der Waals surface area (Å²) in [5, 5.41) is 16.6. The van der Waals surface area contributed by atoms with Crippen LogP contribution in [0.1, 0.15) is 5.56 Å². The molecular weight excluding hydrogens is 444 g/mol. The Morgan fingerprint density at radius 2 is 1.52 bits per heavy atom. The summed E-state index contributed by atoms with van der Waals surface area (Å²) < 4.78 is 3.03. The van der Waals surface area contributed by atoms with Gasteiger partial charge in [0.05, 0.1) is 6.21 Å². The van der Waals surface area contributed by atoms with Gasteiger partial charge in [0.15, 0.2) is 5.82 Å². The molecule has 29 heavy (non-hydrogen) atoms. The largest absolute Gasteiger partial charge is 0.250 e. The molecule has 0 spiro atoms. The molecule has 1 N–H and O–H groups in total. The molecule has 0 aliphatic heterocycles. The Hall–Kier alpha value is -3.09. The summed E-state index contributed by atoms with van der Waals surface area (Å²) in [6, 6.07) is 26.8. The Kier molecular flexibility index (Phi) is 4.58. The fourth-order valence-electron chi connectivity index (χ4n) is 3.52. The van der Waals surface area contributed by atoms with E-state index in [1.807, 2.05) is 42.6 Å². The quantitative estimate of drug-likeness (QED) is 0.189. The van der Waals surface area contributed by atoms with Gasteiger partial charge in [0.25, 0.3) is 0 Å². The summed E-state index contributed by atoms with van der Waals surface area (Å²) in [6.07, 6.45) is 1.87. The van der Waals surface area contributed by atoms with E-state index < -0.39 is 0 Å². The second kappa shape index (κ2) is 7.39. The van der Waals surface area contributed by atoms with Gasteiger partial charge in [0, 0.05) is 15.6 Å². The first-order valence-corrected chi connectivity index (χ1v) is 10.3. The van der Waals surface area contributed by atoms with E-state index in [1.165, 1.54) is 10.8 Å². The van der Waals surface area contributed by atoms with Gasteiger partial charge < -0.3 is 0 Å². The fourth-order valence-corrected chi connectivity index (χ4v) is 4.16. The topological polar surface area (TPSA) is 46.0 Å². The van der Waals surface area contributed by atoms with Gasteiger partial charge in [-0.25, -0.2) is 5.10 Å². The summed E-state index contributed by atoms with van der Waals surface area (Å²) in [5.74, 6) is 0.656. The minimum Gasteiger partial charge on any atom is -0.250 e. The maximum Gasteiger partial charge on any atom is 0.216 e. The number of aromatic amines is 1. The van der Waals surface area contributed by atoms with Gasteiger partial charge in [0.1, 0.15) is 0 Å². The van der Waals surface area contributed by atoms with Gasteiger partial charge in [-0.15, -0.1) is 0 Å². The van der Waals surface area contributed by atoms with E-state index in [0.717, 1.165) is 26.4 Å². The van der Waals surface area contributed by atoms with Gasteiger partial charge >= 0.3 is 0 Å². The van der Waals surface area contributed by atoms with Crippen molar-refractivity contribution in [1.82, 2.24) is 14.9 Å². The molecule has 0 saturated carbocycles. The maximum atomic E-state index is 5.44. The lowest BCUT2D eigenvalue weighted by atomic mass is 9.97. The zero-order valence-corrected chi connectivity index (χ0v) is 17.6. The highest BCUT2D eigenvalue weighted by Crippen LogP contribution is 2.29. The molecule has 4 aromatic carbocycles. The molecule has 1 heterocycles. The molecule has 0 unspecified atom stereocenters. The van der Waals surface area contributed by atoms with E-state index in [4.69, 9.17) is 17.3 Å². The lowest BCUT2D eigenvalue weighted by molar-refractivity contribution is 0.871. The van der Waals surface area contributed by atoms with Crippen molar-refractivity contribution >= 4 is 55.9 Å². The van der Waals surface area contributed by atoms with E-state index in [9.17, 15) is 0 Å².